The van der Waals surface area contributed by atoms with Gasteiger partial charge in [0.25, 0.3) is 0 Å². The number of alkyl carbamates (subject to hydrolysis) is 1. The number of methoxy groups -OCH3 is 1. The summed E-state index contributed by atoms with van der Waals surface area (Å²) in [5, 5.41) is 9.31. The number of thiocarbonyl (C=S) groups is 1. The molecule has 0 fully saturated rings. The van der Waals surface area contributed by atoms with Gasteiger partial charge in [-0.1, -0.05) is 12.1 Å². The van der Waals surface area contributed by atoms with Crippen molar-refractivity contribution in [1.29, 1.82) is 0 Å². The van der Waals surface area contributed by atoms with Crippen molar-refractivity contribution in [3.05, 3.63) is 29.8 Å². The zero-order valence-corrected chi connectivity index (χ0v) is 14.9. The van der Waals surface area contributed by atoms with Crippen LogP contribution < -0.4 is 20.7 Å². The number of benzene rings is 1. The highest BCUT2D eigenvalue weighted by molar-refractivity contribution is 7.80. The topological polar surface area (TPSA) is 71.6 Å². The highest BCUT2D eigenvalue weighted by Crippen LogP contribution is 2.10. The van der Waals surface area contributed by atoms with Crippen molar-refractivity contribution < 1.29 is 14.3 Å². The first-order valence-electron chi connectivity index (χ1n) is 7.41. The molecular weight excluding hydrogens is 314 g/mol. The van der Waals surface area contributed by atoms with Crippen molar-refractivity contribution >= 4 is 23.4 Å². The Kier molecular flexibility index (Phi) is 7.61. The highest BCUT2D eigenvalue weighted by Gasteiger charge is 2.15. The summed E-state index contributed by atoms with van der Waals surface area (Å²) in [6.07, 6.45) is -0.434. The molecule has 1 rings (SSSR count). The minimum atomic E-state index is -0.493. The number of rotatable bonds is 6. The number of carbonyl (C=O) groups excluding carboxylic acids is 1. The molecule has 3 N–H and O–H groups in total. The van der Waals surface area contributed by atoms with Gasteiger partial charge in [-0.2, -0.15) is 0 Å². The van der Waals surface area contributed by atoms with E-state index in [1.807, 2.05) is 45.0 Å². The molecule has 7 heteroatoms. The van der Waals surface area contributed by atoms with Crippen molar-refractivity contribution in [3.63, 3.8) is 0 Å². The Balaban J connectivity index is 2.15. The van der Waals surface area contributed by atoms with Crippen molar-refractivity contribution in [2.75, 3.05) is 20.2 Å². The lowest BCUT2D eigenvalue weighted by Gasteiger charge is -2.19. The molecule has 1 amide bonds. The van der Waals surface area contributed by atoms with Crippen LogP contribution in [0.3, 0.4) is 0 Å². The van der Waals surface area contributed by atoms with Crippen molar-refractivity contribution in [2.45, 2.75) is 32.9 Å². The normalized spacial score (nSPS) is 10.6. The fourth-order valence-corrected chi connectivity index (χ4v) is 1.82. The van der Waals surface area contributed by atoms with Gasteiger partial charge in [0.2, 0.25) is 0 Å². The predicted octanol–water partition coefficient (Wildman–Crippen LogP) is 2.18. The molecule has 128 valence electrons. The van der Waals surface area contributed by atoms with E-state index in [4.69, 9.17) is 21.7 Å². The van der Waals surface area contributed by atoms with Gasteiger partial charge in [-0.25, -0.2) is 4.79 Å². The van der Waals surface area contributed by atoms with Crippen LogP contribution in [0.15, 0.2) is 24.3 Å². The lowest BCUT2D eigenvalue weighted by atomic mass is 10.2. The number of amides is 1. The van der Waals surface area contributed by atoms with Crippen LogP contribution in [0.1, 0.15) is 26.3 Å². The Hall–Kier alpha value is -2.02. The molecule has 0 aliphatic heterocycles. The first-order valence-corrected chi connectivity index (χ1v) is 7.82. The van der Waals surface area contributed by atoms with Gasteiger partial charge < -0.3 is 25.4 Å². The van der Waals surface area contributed by atoms with Gasteiger partial charge in [0.05, 0.1) is 7.11 Å². The van der Waals surface area contributed by atoms with E-state index in [1.165, 1.54) is 0 Å². The van der Waals surface area contributed by atoms with Crippen LogP contribution in [-0.2, 0) is 11.3 Å². The summed E-state index contributed by atoms with van der Waals surface area (Å²) in [7, 11) is 1.64. The molecule has 6 nitrogen and oxygen atoms in total. The fourth-order valence-electron chi connectivity index (χ4n) is 1.64. The average molecular weight is 339 g/mol. The zero-order valence-electron chi connectivity index (χ0n) is 14.1. The number of hydrogen-bond donors (Lipinski definition) is 3. The molecule has 0 saturated carbocycles. The van der Waals surface area contributed by atoms with Crippen LogP contribution >= 0.6 is 12.2 Å². The van der Waals surface area contributed by atoms with E-state index in [1.54, 1.807) is 7.11 Å². The summed E-state index contributed by atoms with van der Waals surface area (Å²) < 4.78 is 10.2. The number of ether oxygens (including phenoxy) is 2. The smallest absolute Gasteiger partial charge is 0.407 e. The molecule has 0 aliphatic rings. The number of nitrogens with one attached hydrogen (secondary N) is 3. The third-order valence-electron chi connectivity index (χ3n) is 2.69. The summed E-state index contributed by atoms with van der Waals surface area (Å²) in [6.45, 7) is 7.04. The Bertz CT molecular complexity index is 512. The second-order valence-electron chi connectivity index (χ2n) is 5.89. The third-order valence-corrected chi connectivity index (χ3v) is 2.98. The van der Waals surface area contributed by atoms with E-state index in [9.17, 15) is 4.79 Å². The molecule has 0 atom stereocenters. The zero-order chi connectivity index (χ0) is 17.3. The Morgan fingerprint density at radius 2 is 1.70 bits per heavy atom. The molecule has 1 aromatic carbocycles. The summed E-state index contributed by atoms with van der Waals surface area (Å²) >= 11 is 5.18. The number of carbonyl (C=O) groups is 1. The van der Waals surface area contributed by atoms with Crippen LogP contribution in [0, 0.1) is 0 Å². The number of hydrogen-bond acceptors (Lipinski definition) is 4. The van der Waals surface area contributed by atoms with Gasteiger partial charge >= 0.3 is 6.09 Å². The third kappa shape index (κ3) is 8.87. The van der Waals surface area contributed by atoms with Crippen LogP contribution in [0.2, 0.25) is 0 Å². The van der Waals surface area contributed by atoms with Gasteiger partial charge in [0.15, 0.2) is 5.11 Å². The molecular formula is C16H25N3O3S. The first kappa shape index (κ1) is 19.0. The van der Waals surface area contributed by atoms with Crippen molar-refractivity contribution in [2.24, 2.45) is 0 Å². The molecule has 0 spiro atoms. The monoisotopic (exact) mass is 339 g/mol. The molecule has 0 aliphatic carbocycles. The SMILES string of the molecule is COc1ccc(CNC(=S)NCCNC(=O)OC(C)(C)C)cc1. The molecule has 0 bridgehead atoms. The standard InChI is InChI=1S/C16H25N3O3S/c1-16(2,3)22-15(20)18-10-9-17-14(23)19-11-12-5-7-13(21-4)8-6-12/h5-8H,9-11H2,1-4H3,(H,18,20)(H2,17,19,23). The largest absolute Gasteiger partial charge is 0.497 e. The Morgan fingerprint density at radius 1 is 1.09 bits per heavy atom. The van der Waals surface area contributed by atoms with E-state index in [0.29, 0.717) is 24.7 Å². The van der Waals surface area contributed by atoms with Crippen molar-refractivity contribution in [1.82, 2.24) is 16.0 Å². The van der Waals surface area contributed by atoms with Gasteiger partial charge in [-0.05, 0) is 50.7 Å². The van der Waals surface area contributed by atoms with Crippen molar-refractivity contribution in [3.8, 4) is 5.75 Å². The van der Waals surface area contributed by atoms with Crippen LogP contribution in [0.4, 0.5) is 4.79 Å². The first-order chi connectivity index (χ1) is 10.8. The summed E-state index contributed by atoms with van der Waals surface area (Å²) in [5.41, 5.74) is 0.606. The van der Waals surface area contributed by atoms with Gasteiger partial charge in [-0.3, -0.25) is 0 Å². The highest BCUT2D eigenvalue weighted by atomic mass is 32.1. The van der Waals surface area contributed by atoms with E-state index >= 15 is 0 Å². The minimum Gasteiger partial charge on any atom is -0.497 e. The average Bonchev–Trinajstić information content (AvgIpc) is 2.48. The van der Waals surface area contributed by atoms with E-state index in [2.05, 4.69) is 16.0 Å². The summed E-state index contributed by atoms with van der Waals surface area (Å²) in [5.74, 6) is 0.822. The summed E-state index contributed by atoms with van der Waals surface area (Å²) in [4.78, 5) is 11.4. The second-order valence-corrected chi connectivity index (χ2v) is 6.29. The molecule has 0 aromatic heterocycles. The molecule has 0 radical (unpaired) electrons. The maximum absolute atomic E-state index is 11.4. The molecule has 0 heterocycles. The minimum absolute atomic E-state index is 0.430. The van der Waals surface area contributed by atoms with Crippen LogP contribution in [-0.4, -0.2) is 37.0 Å². The summed E-state index contributed by atoms with van der Waals surface area (Å²) in [6, 6.07) is 7.74. The van der Waals surface area contributed by atoms with Crippen LogP contribution in [0.25, 0.3) is 0 Å². The van der Waals surface area contributed by atoms with E-state index in [-0.39, 0.29) is 0 Å². The quantitative estimate of drug-likeness (QED) is 0.545. The van der Waals surface area contributed by atoms with E-state index < -0.39 is 11.7 Å². The second kappa shape index (κ2) is 9.19. The lowest BCUT2D eigenvalue weighted by molar-refractivity contribution is 0.0529. The Labute approximate surface area is 142 Å². The lowest BCUT2D eigenvalue weighted by Crippen LogP contribution is -2.41. The maximum atomic E-state index is 11.4. The van der Waals surface area contributed by atoms with Crippen LogP contribution in [0.5, 0.6) is 5.75 Å². The van der Waals surface area contributed by atoms with E-state index in [0.717, 1.165) is 11.3 Å². The predicted molar refractivity (Wildman–Crippen MR) is 94.7 cm³/mol. The Morgan fingerprint density at radius 3 is 2.26 bits per heavy atom. The molecule has 1 aromatic rings. The van der Waals surface area contributed by atoms with Gasteiger partial charge in [0, 0.05) is 19.6 Å². The van der Waals surface area contributed by atoms with Gasteiger partial charge in [-0.15, -0.1) is 0 Å². The molecule has 0 saturated heterocycles. The molecule has 0 unspecified atom stereocenters. The maximum Gasteiger partial charge on any atom is 0.407 e. The molecule has 23 heavy (non-hydrogen) atoms. The fraction of sp³-hybridized carbons (Fsp3) is 0.500. The van der Waals surface area contributed by atoms with Gasteiger partial charge in [0.1, 0.15) is 11.4 Å².